The highest BCUT2D eigenvalue weighted by Gasteiger charge is 2.18. The summed E-state index contributed by atoms with van der Waals surface area (Å²) in [6, 6.07) is 2.33. The maximum atomic E-state index is 13.9. The first-order valence-electron chi connectivity index (χ1n) is 6.36. The first-order valence-corrected chi connectivity index (χ1v) is 6.36. The highest BCUT2D eigenvalue weighted by atomic mass is 19.1. The van der Waals surface area contributed by atoms with Gasteiger partial charge in [-0.05, 0) is 26.0 Å². The minimum Gasteiger partial charge on any atom is -0.465 e. The standard InChI is InChI=1S/C15H14FNO4/c1-4-17-7-11(15(20)21-3)14(19)10-5-12(16)9(8(2)18)6-13(10)17/h5-7H,4H2,1-3H3. The minimum absolute atomic E-state index is 0.0438. The molecule has 2 aromatic rings. The molecule has 0 aliphatic carbocycles. The van der Waals surface area contributed by atoms with E-state index in [9.17, 15) is 18.8 Å². The number of pyridine rings is 1. The molecule has 0 bridgehead atoms. The van der Waals surface area contributed by atoms with Gasteiger partial charge in [-0.2, -0.15) is 0 Å². The van der Waals surface area contributed by atoms with Crippen LogP contribution in [0.3, 0.4) is 0 Å². The predicted octanol–water partition coefficient (Wildman–Crippen LogP) is 2.15. The van der Waals surface area contributed by atoms with Crippen molar-refractivity contribution in [2.24, 2.45) is 0 Å². The molecule has 5 nitrogen and oxygen atoms in total. The summed E-state index contributed by atoms with van der Waals surface area (Å²) in [5.41, 5.74) is -0.464. The summed E-state index contributed by atoms with van der Waals surface area (Å²) in [4.78, 5) is 35.3. The van der Waals surface area contributed by atoms with Gasteiger partial charge in [-0.25, -0.2) is 9.18 Å². The Balaban J connectivity index is 2.92. The second kappa shape index (κ2) is 5.47. The van der Waals surface area contributed by atoms with Crippen LogP contribution in [0.5, 0.6) is 0 Å². The van der Waals surface area contributed by atoms with E-state index in [1.54, 1.807) is 4.57 Å². The van der Waals surface area contributed by atoms with Crippen LogP contribution in [0.15, 0.2) is 23.1 Å². The summed E-state index contributed by atoms with van der Waals surface area (Å²) in [5, 5.41) is 0.0438. The molecular weight excluding hydrogens is 277 g/mol. The first-order chi connectivity index (χ1) is 9.90. The highest BCUT2D eigenvalue weighted by Crippen LogP contribution is 2.19. The van der Waals surface area contributed by atoms with Crippen molar-refractivity contribution in [3.8, 4) is 0 Å². The van der Waals surface area contributed by atoms with Gasteiger partial charge in [0.1, 0.15) is 11.4 Å². The van der Waals surface area contributed by atoms with Gasteiger partial charge in [-0.15, -0.1) is 0 Å². The molecular formula is C15H14FNO4. The highest BCUT2D eigenvalue weighted by molar-refractivity contribution is 5.99. The number of aromatic nitrogens is 1. The average molecular weight is 291 g/mol. The molecule has 0 fully saturated rings. The van der Waals surface area contributed by atoms with E-state index in [1.165, 1.54) is 26.3 Å². The van der Waals surface area contributed by atoms with Crippen molar-refractivity contribution in [3.63, 3.8) is 0 Å². The lowest BCUT2D eigenvalue weighted by Crippen LogP contribution is -2.20. The number of hydrogen-bond donors (Lipinski definition) is 0. The van der Waals surface area contributed by atoms with Crippen molar-refractivity contribution in [3.05, 3.63) is 45.5 Å². The molecule has 0 radical (unpaired) electrons. The number of benzene rings is 1. The zero-order valence-electron chi connectivity index (χ0n) is 11.9. The summed E-state index contributed by atoms with van der Waals surface area (Å²) < 4.78 is 20.1. The second-order valence-electron chi connectivity index (χ2n) is 4.55. The third-order valence-electron chi connectivity index (χ3n) is 3.29. The normalized spacial score (nSPS) is 10.7. The van der Waals surface area contributed by atoms with Crippen molar-refractivity contribution < 1.29 is 18.7 Å². The maximum Gasteiger partial charge on any atom is 0.343 e. The van der Waals surface area contributed by atoms with Gasteiger partial charge in [-0.1, -0.05) is 0 Å². The van der Waals surface area contributed by atoms with Gasteiger partial charge in [0, 0.05) is 18.1 Å². The maximum absolute atomic E-state index is 13.9. The van der Waals surface area contributed by atoms with Crippen LogP contribution in [0.25, 0.3) is 10.9 Å². The number of esters is 1. The van der Waals surface area contributed by atoms with Crippen molar-refractivity contribution in [1.29, 1.82) is 0 Å². The lowest BCUT2D eigenvalue weighted by atomic mass is 10.1. The Morgan fingerprint density at radius 1 is 1.29 bits per heavy atom. The number of aryl methyl sites for hydroxylation is 1. The molecule has 110 valence electrons. The second-order valence-corrected chi connectivity index (χ2v) is 4.55. The van der Waals surface area contributed by atoms with Gasteiger partial charge in [0.15, 0.2) is 5.78 Å². The number of halogens is 1. The number of ether oxygens (including phenoxy) is 1. The Kier molecular flexibility index (Phi) is 3.88. The molecule has 0 saturated carbocycles. The van der Waals surface area contributed by atoms with Gasteiger partial charge >= 0.3 is 5.97 Å². The summed E-state index contributed by atoms with van der Waals surface area (Å²) in [7, 11) is 1.17. The van der Waals surface area contributed by atoms with Crippen LogP contribution in [-0.4, -0.2) is 23.4 Å². The molecule has 21 heavy (non-hydrogen) atoms. The molecule has 0 spiro atoms. The number of rotatable bonds is 3. The van der Waals surface area contributed by atoms with E-state index < -0.39 is 23.0 Å². The van der Waals surface area contributed by atoms with Crippen LogP contribution < -0.4 is 5.43 Å². The molecule has 0 amide bonds. The van der Waals surface area contributed by atoms with Crippen LogP contribution in [0.4, 0.5) is 4.39 Å². The zero-order valence-corrected chi connectivity index (χ0v) is 11.9. The molecule has 1 aromatic heterocycles. The Morgan fingerprint density at radius 3 is 2.48 bits per heavy atom. The van der Waals surface area contributed by atoms with E-state index in [2.05, 4.69) is 4.74 Å². The largest absolute Gasteiger partial charge is 0.465 e. The lowest BCUT2D eigenvalue weighted by molar-refractivity contribution is 0.0598. The predicted molar refractivity (Wildman–Crippen MR) is 75.2 cm³/mol. The van der Waals surface area contributed by atoms with E-state index in [0.29, 0.717) is 12.1 Å². The van der Waals surface area contributed by atoms with Gasteiger partial charge in [0.05, 0.1) is 18.2 Å². The molecule has 6 heteroatoms. The molecule has 1 heterocycles. The van der Waals surface area contributed by atoms with Crippen molar-refractivity contribution in [2.45, 2.75) is 20.4 Å². The van der Waals surface area contributed by atoms with Crippen LogP contribution in [0, 0.1) is 5.82 Å². The average Bonchev–Trinajstić information content (AvgIpc) is 2.46. The fourth-order valence-corrected chi connectivity index (χ4v) is 2.20. The van der Waals surface area contributed by atoms with Crippen molar-refractivity contribution in [2.75, 3.05) is 7.11 Å². The molecule has 0 saturated heterocycles. The third-order valence-corrected chi connectivity index (χ3v) is 3.29. The number of carbonyl (C=O) groups excluding carboxylic acids is 2. The fourth-order valence-electron chi connectivity index (χ4n) is 2.20. The number of hydrogen-bond acceptors (Lipinski definition) is 4. The number of fused-ring (bicyclic) bond motifs is 1. The Labute approximate surface area is 119 Å². The Morgan fingerprint density at radius 2 is 1.95 bits per heavy atom. The van der Waals surface area contributed by atoms with Gasteiger partial charge in [0.2, 0.25) is 5.43 Å². The van der Waals surface area contributed by atoms with E-state index in [-0.39, 0.29) is 16.5 Å². The van der Waals surface area contributed by atoms with Crippen molar-refractivity contribution >= 4 is 22.7 Å². The summed E-state index contributed by atoms with van der Waals surface area (Å²) in [5.74, 6) is -1.99. The number of carbonyl (C=O) groups is 2. The van der Waals surface area contributed by atoms with Crippen LogP contribution in [0.2, 0.25) is 0 Å². The van der Waals surface area contributed by atoms with Crippen LogP contribution in [-0.2, 0) is 11.3 Å². The third kappa shape index (κ3) is 2.44. The van der Waals surface area contributed by atoms with Gasteiger partial charge in [-0.3, -0.25) is 9.59 Å². The Bertz CT molecular complexity index is 807. The van der Waals surface area contributed by atoms with Crippen LogP contribution >= 0.6 is 0 Å². The van der Waals surface area contributed by atoms with Gasteiger partial charge < -0.3 is 9.30 Å². The smallest absolute Gasteiger partial charge is 0.343 e. The number of methoxy groups -OCH3 is 1. The molecule has 0 aliphatic rings. The summed E-state index contributed by atoms with van der Waals surface area (Å²) in [6.07, 6.45) is 1.36. The Hall–Kier alpha value is -2.50. The van der Waals surface area contributed by atoms with E-state index in [1.807, 2.05) is 6.92 Å². The molecule has 0 unspecified atom stereocenters. The van der Waals surface area contributed by atoms with E-state index in [0.717, 1.165) is 6.07 Å². The number of nitrogens with zero attached hydrogens (tertiary/aromatic N) is 1. The fraction of sp³-hybridized carbons (Fsp3) is 0.267. The molecule has 0 N–H and O–H groups in total. The van der Waals surface area contributed by atoms with E-state index >= 15 is 0 Å². The molecule has 2 rings (SSSR count). The first kappa shape index (κ1) is 14.9. The topological polar surface area (TPSA) is 65.4 Å². The molecule has 0 aliphatic heterocycles. The monoisotopic (exact) mass is 291 g/mol. The summed E-state index contributed by atoms with van der Waals surface area (Å²) >= 11 is 0. The minimum atomic E-state index is -0.781. The van der Waals surface area contributed by atoms with Crippen molar-refractivity contribution in [1.82, 2.24) is 4.57 Å². The number of Topliss-reactive ketones (excluding diaryl/α,β-unsaturated/α-hetero) is 1. The van der Waals surface area contributed by atoms with E-state index in [4.69, 9.17) is 0 Å². The number of ketones is 1. The zero-order chi connectivity index (χ0) is 15.7. The van der Waals surface area contributed by atoms with Crippen LogP contribution in [0.1, 0.15) is 34.6 Å². The summed E-state index contributed by atoms with van der Waals surface area (Å²) in [6.45, 7) is 3.51. The lowest BCUT2D eigenvalue weighted by Gasteiger charge is -2.12. The van der Waals surface area contributed by atoms with Gasteiger partial charge in [0.25, 0.3) is 0 Å². The molecule has 0 atom stereocenters. The SMILES string of the molecule is CCn1cc(C(=O)OC)c(=O)c2cc(F)c(C(C)=O)cc21. The molecule has 1 aromatic carbocycles. The quantitative estimate of drug-likeness (QED) is 0.642.